The summed E-state index contributed by atoms with van der Waals surface area (Å²) in [5, 5.41) is 3.06. The molecule has 1 aromatic rings. The Kier molecular flexibility index (Phi) is 4.81. The quantitative estimate of drug-likeness (QED) is 0.896. The standard InChI is InChI=1S/C16H25FN2/c1-12(2)13-7-9-19(10-8-13)16-6-4-5-15(17)14(16)11-18-3/h4-6,12-13,18H,7-11H2,1-3H3. The van der Waals surface area contributed by atoms with Crippen LogP contribution >= 0.6 is 0 Å². The molecule has 0 bridgehead atoms. The summed E-state index contributed by atoms with van der Waals surface area (Å²) in [4.78, 5) is 2.34. The third kappa shape index (κ3) is 3.27. The van der Waals surface area contributed by atoms with Gasteiger partial charge in [-0.25, -0.2) is 4.39 Å². The Bertz CT molecular complexity index is 409. The lowest BCUT2D eigenvalue weighted by molar-refractivity contribution is 0.311. The molecule has 1 aromatic carbocycles. The average Bonchev–Trinajstić information content (AvgIpc) is 2.41. The van der Waals surface area contributed by atoms with Gasteiger partial charge in [0.05, 0.1) is 0 Å². The molecular weight excluding hydrogens is 239 g/mol. The van der Waals surface area contributed by atoms with E-state index in [1.54, 1.807) is 6.07 Å². The van der Waals surface area contributed by atoms with Crippen molar-refractivity contribution in [1.82, 2.24) is 5.32 Å². The molecule has 0 atom stereocenters. The molecule has 1 aliphatic rings. The van der Waals surface area contributed by atoms with Crippen LogP contribution in [0.3, 0.4) is 0 Å². The molecule has 19 heavy (non-hydrogen) atoms. The van der Waals surface area contributed by atoms with Crippen LogP contribution in [0.5, 0.6) is 0 Å². The summed E-state index contributed by atoms with van der Waals surface area (Å²) in [5.74, 6) is 1.47. The van der Waals surface area contributed by atoms with Gasteiger partial charge in [0.2, 0.25) is 0 Å². The van der Waals surface area contributed by atoms with Crippen LogP contribution in [0.2, 0.25) is 0 Å². The average molecular weight is 264 g/mol. The van der Waals surface area contributed by atoms with E-state index in [1.165, 1.54) is 12.8 Å². The molecule has 1 heterocycles. The van der Waals surface area contributed by atoms with Crippen LogP contribution in [0, 0.1) is 17.7 Å². The first-order valence-corrected chi connectivity index (χ1v) is 7.30. The summed E-state index contributed by atoms with van der Waals surface area (Å²) in [6.45, 7) is 7.28. The molecule has 1 aliphatic heterocycles. The van der Waals surface area contributed by atoms with Crippen molar-refractivity contribution in [1.29, 1.82) is 0 Å². The van der Waals surface area contributed by atoms with Crippen LogP contribution in [-0.2, 0) is 6.54 Å². The van der Waals surface area contributed by atoms with Crippen molar-refractivity contribution in [3.8, 4) is 0 Å². The summed E-state index contributed by atoms with van der Waals surface area (Å²) in [7, 11) is 1.86. The van der Waals surface area contributed by atoms with Crippen molar-refractivity contribution >= 4 is 5.69 Å². The Balaban J connectivity index is 2.13. The largest absolute Gasteiger partial charge is 0.371 e. The van der Waals surface area contributed by atoms with Crippen LogP contribution in [-0.4, -0.2) is 20.1 Å². The van der Waals surface area contributed by atoms with Crippen LogP contribution in [0.25, 0.3) is 0 Å². The summed E-state index contributed by atoms with van der Waals surface area (Å²) < 4.78 is 13.9. The van der Waals surface area contributed by atoms with Gasteiger partial charge in [0.15, 0.2) is 0 Å². The predicted octanol–water partition coefficient (Wildman–Crippen LogP) is 3.42. The Morgan fingerprint density at radius 1 is 1.32 bits per heavy atom. The molecule has 2 rings (SSSR count). The Hall–Kier alpha value is -1.09. The van der Waals surface area contributed by atoms with Gasteiger partial charge < -0.3 is 10.2 Å². The normalized spacial score (nSPS) is 17.2. The molecule has 2 nitrogen and oxygen atoms in total. The van der Waals surface area contributed by atoms with E-state index < -0.39 is 0 Å². The number of halogens is 1. The van der Waals surface area contributed by atoms with Gasteiger partial charge in [0, 0.05) is 30.9 Å². The van der Waals surface area contributed by atoms with Crippen LogP contribution in [0.1, 0.15) is 32.3 Å². The molecule has 1 saturated heterocycles. The van der Waals surface area contributed by atoms with E-state index in [1.807, 2.05) is 19.2 Å². The molecule has 0 unspecified atom stereocenters. The van der Waals surface area contributed by atoms with Crippen molar-refractivity contribution in [3.63, 3.8) is 0 Å². The van der Waals surface area contributed by atoms with Crippen LogP contribution < -0.4 is 10.2 Å². The molecule has 1 N–H and O–H groups in total. The second-order valence-electron chi connectivity index (χ2n) is 5.84. The zero-order valence-corrected chi connectivity index (χ0v) is 12.2. The minimum atomic E-state index is -0.0992. The molecule has 1 fully saturated rings. The van der Waals surface area contributed by atoms with E-state index >= 15 is 0 Å². The number of anilines is 1. The Morgan fingerprint density at radius 3 is 2.58 bits per heavy atom. The van der Waals surface area contributed by atoms with E-state index in [-0.39, 0.29) is 5.82 Å². The van der Waals surface area contributed by atoms with Crippen LogP contribution in [0.4, 0.5) is 10.1 Å². The van der Waals surface area contributed by atoms with E-state index in [0.29, 0.717) is 6.54 Å². The van der Waals surface area contributed by atoms with Gasteiger partial charge >= 0.3 is 0 Å². The van der Waals surface area contributed by atoms with Crippen molar-refractivity contribution < 1.29 is 4.39 Å². The number of piperidine rings is 1. The Labute approximate surface area is 116 Å². The molecule has 0 amide bonds. The molecule has 0 aliphatic carbocycles. The van der Waals surface area contributed by atoms with Gasteiger partial charge in [-0.2, -0.15) is 0 Å². The highest BCUT2D eigenvalue weighted by atomic mass is 19.1. The topological polar surface area (TPSA) is 15.3 Å². The number of benzene rings is 1. The highest BCUT2D eigenvalue weighted by molar-refractivity contribution is 5.54. The van der Waals surface area contributed by atoms with Crippen molar-refractivity contribution in [2.24, 2.45) is 11.8 Å². The summed E-state index contributed by atoms with van der Waals surface area (Å²) in [6, 6.07) is 5.42. The zero-order valence-electron chi connectivity index (χ0n) is 12.2. The third-order valence-corrected chi connectivity index (χ3v) is 4.27. The van der Waals surface area contributed by atoms with E-state index in [4.69, 9.17) is 0 Å². The van der Waals surface area contributed by atoms with E-state index in [0.717, 1.165) is 36.2 Å². The first kappa shape index (κ1) is 14.3. The first-order chi connectivity index (χ1) is 9.13. The second kappa shape index (κ2) is 6.38. The van der Waals surface area contributed by atoms with Crippen molar-refractivity contribution in [2.75, 3.05) is 25.0 Å². The fourth-order valence-corrected chi connectivity index (χ4v) is 3.00. The highest BCUT2D eigenvalue weighted by Crippen LogP contribution is 2.30. The van der Waals surface area contributed by atoms with Crippen molar-refractivity contribution in [2.45, 2.75) is 33.2 Å². The monoisotopic (exact) mass is 264 g/mol. The molecule has 0 saturated carbocycles. The maximum atomic E-state index is 13.9. The SMILES string of the molecule is CNCc1c(F)cccc1N1CCC(C(C)C)CC1. The minimum Gasteiger partial charge on any atom is -0.371 e. The number of hydrogen-bond donors (Lipinski definition) is 1. The van der Waals surface area contributed by atoms with Crippen LogP contribution in [0.15, 0.2) is 18.2 Å². The molecule has 106 valence electrons. The number of rotatable bonds is 4. The van der Waals surface area contributed by atoms with Gasteiger partial charge in [-0.3, -0.25) is 0 Å². The number of nitrogens with one attached hydrogen (secondary N) is 1. The predicted molar refractivity (Wildman–Crippen MR) is 78.9 cm³/mol. The maximum Gasteiger partial charge on any atom is 0.129 e. The Morgan fingerprint density at radius 2 is 2.00 bits per heavy atom. The lowest BCUT2D eigenvalue weighted by Crippen LogP contribution is -2.36. The van der Waals surface area contributed by atoms with Crippen molar-refractivity contribution in [3.05, 3.63) is 29.6 Å². The smallest absolute Gasteiger partial charge is 0.129 e. The lowest BCUT2D eigenvalue weighted by atomic mass is 9.86. The summed E-state index contributed by atoms with van der Waals surface area (Å²) in [5.41, 5.74) is 1.87. The number of hydrogen-bond acceptors (Lipinski definition) is 2. The van der Waals surface area contributed by atoms with Gasteiger partial charge in [-0.1, -0.05) is 19.9 Å². The summed E-state index contributed by atoms with van der Waals surface area (Å²) >= 11 is 0. The molecule has 0 spiro atoms. The minimum absolute atomic E-state index is 0.0992. The van der Waals surface area contributed by atoms with E-state index in [9.17, 15) is 4.39 Å². The van der Waals surface area contributed by atoms with Gasteiger partial charge in [-0.15, -0.1) is 0 Å². The zero-order chi connectivity index (χ0) is 13.8. The maximum absolute atomic E-state index is 13.9. The third-order valence-electron chi connectivity index (χ3n) is 4.27. The molecule has 0 aromatic heterocycles. The fourth-order valence-electron chi connectivity index (χ4n) is 3.00. The lowest BCUT2D eigenvalue weighted by Gasteiger charge is -2.36. The fraction of sp³-hybridized carbons (Fsp3) is 0.625. The molecule has 0 radical (unpaired) electrons. The van der Waals surface area contributed by atoms with Gasteiger partial charge in [0.25, 0.3) is 0 Å². The number of nitrogens with zero attached hydrogens (tertiary/aromatic N) is 1. The first-order valence-electron chi connectivity index (χ1n) is 7.30. The molecule has 3 heteroatoms. The van der Waals surface area contributed by atoms with Gasteiger partial charge in [0.1, 0.15) is 5.82 Å². The second-order valence-corrected chi connectivity index (χ2v) is 5.84. The van der Waals surface area contributed by atoms with E-state index in [2.05, 4.69) is 24.1 Å². The molecular formula is C16H25FN2. The highest BCUT2D eigenvalue weighted by Gasteiger charge is 2.23. The van der Waals surface area contributed by atoms with Gasteiger partial charge in [-0.05, 0) is 43.9 Å². The summed E-state index contributed by atoms with van der Waals surface area (Å²) in [6.07, 6.45) is 2.43.